The number of hydrogen-bond acceptors (Lipinski definition) is 0. The zero-order valence-electron chi connectivity index (χ0n) is 15.9. The van der Waals surface area contributed by atoms with E-state index < -0.39 is 12.7 Å². The summed E-state index contributed by atoms with van der Waals surface area (Å²) in [6.07, 6.45) is 4.01. The smallest absolute Gasteiger partial charge is 0.230 e. The summed E-state index contributed by atoms with van der Waals surface area (Å²) >= 11 is 0. The van der Waals surface area contributed by atoms with Crippen LogP contribution in [0, 0.1) is 0 Å². The van der Waals surface area contributed by atoms with Crippen LogP contribution >= 0.6 is 0 Å². The van der Waals surface area contributed by atoms with Crippen LogP contribution in [0.2, 0.25) is 0 Å². The highest BCUT2D eigenvalue weighted by Gasteiger charge is 2.29. The van der Waals surface area contributed by atoms with Crippen LogP contribution in [-0.4, -0.2) is 4.57 Å². The Bertz CT molecular complexity index is 954. The fraction of sp³-hybridized carbons (Fsp3) is 0.211. The van der Waals surface area contributed by atoms with Gasteiger partial charge in [0, 0.05) is 35.1 Å². The van der Waals surface area contributed by atoms with Gasteiger partial charge in [-0.2, -0.15) is 4.57 Å². The first kappa shape index (κ1) is 8.83. The maximum atomic E-state index is 8.52. The highest BCUT2D eigenvalue weighted by molar-refractivity contribution is 5.64. The summed E-state index contributed by atoms with van der Waals surface area (Å²) in [6, 6.07) is 15.4. The Labute approximate surface area is 130 Å². The molecular weight excluding hydrogens is 256 g/mol. The molecule has 0 fully saturated rings. The molecule has 3 heterocycles. The van der Waals surface area contributed by atoms with Gasteiger partial charge in [-0.3, -0.25) is 0 Å². The number of hydrogen-bond donors (Lipinski definition) is 0. The van der Waals surface area contributed by atoms with Gasteiger partial charge in [-0.05, 0) is 29.7 Å². The highest BCUT2D eigenvalue weighted by atomic mass is 15.1. The van der Waals surface area contributed by atoms with Gasteiger partial charge in [-0.1, -0.05) is 32.0 Å². The number of benzene rings is 1. The molecule has 0 saturated carbocycles. The molecule has 1 aromatic carbocycles. The van der Waals surface area contributed by atoms with E-state index in [2.05, 4.69) is 16.7 Å². The summed E-state index contributed by atoms with van der Waals surface area (Å²) in [5, 5.41) is 0. The molecule has 0 spiro atoms. The zero-order valence-corrected chi connectivity index (χ0v) is 11.9. The second-order valence-corrected chi connectivity index (χ2v) is 5.42. The van der Waals surface area contributed by atoms with E-state index in [4.69, 9.17) is 5.48 Å². The van der Waals surface area contributed by atoms with Crippen LogP contribution in [0.5, 0.6) is 0 Å². The summed E-state index contributed by atoms with van der Waals surface area (Å²) in [7, 11) is 0. The molecule has 21 heavy (non-hydrogen) atoms. The number of para-hydroxylation sites is 1. The van der Waals surface area contributed by atoms with Crippen molar-refractivity contribution < 1.29 is 10.1 Å². The van der Waals surface area contributed by atoms with Crippen molar-refractivity contribution in [3.05, 3.63) is 72.1 Å². The molecule has 0 saturated heterocycles. The molecule has 2 aromatic heterocycles. The summed E-state index contributed by atoms with van der Waals surface area (Å²) in [4.78, 5) is 0. The lowest BCUT2D eigenvalue weighted by Gasteiger charge is -2.15. The molecule has 2 heteroatoms. The third-order valence-electron chi connectivity index (χ3n) is 4.06. The van der Waals surface area contributed by atoms with Crippen LogP contribution < -0.4 is 4.57 Å². The second-order valence-electron chi connectivity index (χ2n) is 5.42. The number of nitrogens with zero attached hydrogens (tertiary/aromatic N) is 2. The van der Waals surface area contributed by atoms with E-state index in [1.54, 1.807) is 12.1 Å². The van der Waals surface area contributed by atoms with E-state index >= 15 is 0 Å². The first-order chi connectivity index (χ1) is 11.8. The molecule has 1 aliphatic rings. The third-order valence-corrected chi connectivity index (χ3v) is 4.06. The van der Waals surface area contributed by atoms with Crippen LogP contribution in [0.15, 0.2) is 60.9 Å². The summed E-state index contributed by atoms with van der Waals surface area (Å²) in [6.45, 7) is -0.143. The van der Waals surface area contributed by atoms with Crippen molar-refractivity contribution in [3.63, 3.8) is 0 Å². The van der Waals surface area contributed by atoms with Crippen molar-refractivity contribution >= 4 is 0 Å². The number of pyridine rings is 1. The van der Waals surface area contributed by atoms with E-state index in [1.807, 2.05) is 41.2 Å². The van der Waals surface area contributed by atoms with Gasteiger partial charge in [-0.25, -0.2) is 0 Å². The predicted molar refractivity (Wildman–Crippen MR) is 84.6 cm³/mol. The molecule has 0 radical (unpaired) electrons. The van der Waals surface area contributed by atoms with Gasteiger partial charge in [0.2, 0.25) is 5.69 Å². The van der Waals surface area contributed by atoms with Crippen LogP contribution in [0.1, 0.15) is 36.3 Å². The fourth-order valence-electron chi connectivity index (χ4n) is 3.10. The van der Waals surface area contributed by atoms with E-state index in [9.17, 15) is 0 Å². The van der Waals surface area contributed by atoms with Crippen LogP contribution in [0.4, 0.5) is 0 Å². The molecule has 1 unspecified atom stereocenters. The fourth-order valence-corrected chi connectivity index (χ4v) is 3.10. The van der Waals surface area contributed by atoms with Gasteiger partial charge >= 0.3 is 0 Å². The quantitative estimate of drug-likeness (QED) is 0.492. The molecule has 2 nitrogen and oxygen atoms in total. The maximum Gasteiger partial charge on any atom is 0.230 e. The van der Waals surface area contributed by atoms with Crippen molar-refractivity contribution in [1.82, 2.24) is 4.57 Å². The topological polar surface area (TPSA) is 8.81 Å². The van der Waals surface area contributed by atoms with Gasteiger partial charge in [0.15, 0.2) is 12.7 Å². The maximum absolute atomic E-state index is 8.52. The van der Waals surface area contributed by atoms with Crippen LogP contribution in [0.25, 0.3) is 17.1 Å². The minimum absolute atomic E-state index is 0.503. The van der Waals surface area contributed by atoms with E-state index in [0.717, 1.165) is 23.6 Å². The molecule has 1 aliphatic heterocycles. The molecule has 0 aliphatic carbocycles. The average Bonchev–Trinajstić information content (AvgIpc) is 3.12. The summed E-state index contributed by atoms with van der Waals surface area (Å²) < 4.78 is 36.1. The monoisotopic (exact) mass is 279 g/mol. The summed E-state index contributed by atoms with van der Waals surface area (Å²) in [5.74, 6) is -1.69. The summed E-state index contributed by atoms with van der Waals surface area (Å²) in [5.41, 5.74) is 4.60. The predicted octanol–water partition coefficient (Wildman–Crippen LogP) is 3.92. The minimum atomic E-state index is -2.41. The average molecular weight is 279 g/mol. The second kappa shape index (κ2) is 4.59. The SMILES string of the molecule is [2H]C([2H])([2H])C([2H])(C)c1ccccc1-n1ccc2c1-c1cccc[n+]1C2. The van der Waals surface area contributed by atoms with Gasteiger partial charge < -0.3 is 4.57 Å². The van der Waals surface area contributed by atoms with Crippen molar-refractivity contribution in [2.75, 3.05) is 0 Å². The molecule has 104 valence electrons. The van der Waals surface area contributed by atoms with E-state index in [1.165, 1.54) is 12.5 Å². The molecular formula is C19H19N2+. The lowest BCUT2D eigenvalue weighted by molar-refractivity contribution is -0.672. The van der Waals surface area contributed by atoms with E-state index in [-0.39, 0.29) is 0 Å². The van der Waals surface area contributed by atoms with Gasteiger partial charge in [0.05, 0.1) is 0 Å². The normalized spacial score (nSPS) is 18.7. The number of aromatic nitrogens is 2. The molecule has 0 bridgehead atoms. The van der Waals surface area contributed by atoms with Crippen molar-refractivity contribution in [3.8, 4) is 17.1 Å². The van der Waals surface area contributed by atoms with Gasteiger partial charge in [0.1, 0.15) is 5.69 Å². The molecule has 0 N–H and O–H groups in total. The third kappa shape index (κ3) is 1.83. The van der Waals surface area contributed by atoms with E-state index in [0.29, 0.717) is 5.56 Å². The molecule has 1 atom stereocenters. The Morgan fingerprint density at radius 2 is 2.05 bits per heavy atom. The molecule has 0 amide bonds. The number of fused-ring (bicyclic) bond motifs is 3. The Balaban J connectivity index is 1.94. The molecule has 3 aromatic rings. The zero-order chi connectivity index (χ0) is 17.8. The van der Waals surface area contributed by atoms with Crippen LogP contribution in [0.3, 0.4) is 0 Å². The highest BCUT2D eigenvalue weighted by Crippen LogP contribution is 2.32. The van der Waals surface area contributed by atoms with Gasteiger partial charge in [0.25, 0.3) is 0 Å². The largest absolute Gasteiger partial charge is 0.311 e. The Kier molecular flexibility index (Phi) is 1.93. The van der Waals surface area contributed by atoms with Crippen molar-refractivity contribution in [2.45, 2.75) is 26.2 Å². The standard InChI is InChI=1S/C19H19N2/c1-14(2)16-7-3-4-8-17(16)21-12-10-15-13-20-11-6-5-9-18(20)19(15)21/h3-12,14H,13H2,1-2H3/q+1/i1D3,14D. The Morgan fingerprint density at radius 3 is 2.95 bits per heavy atom. The van der Waals surface area contributed by atoms with Gasteiger partial charge in [-0.15, -0.1) is 0 Å². The van der Waals surface area contributed by atoms with Crippen molar-refractivity contribution in [1.29, 1.82) is 0 Å². The Hall–Kier alpha value is -2.35. The molecule has 4 rings (SSSR count). The first-order valence-electron chi connectivity index (χ1n) is 9.10. The lowest BCUT2D eigenvalue weighted by Crippen LogP contribution is -2.31. The lowest BCUT2D eigenvalue weighted by atomic mass is 10.0. The van der Waals surface area contributed by atoms with Crippen LogP contribution in [-0.2, 0) is 6.54 Å². The minimum Gasteiger partial charge on any atom is -0.311 e. The number of rotatable bonds is 2. The van der Waals surface area contributed by atoms with Crippen molar-refractivity contribution in [2.24, 2.45) is 0 Å². The first-order valence-corrected chi connectivity index (χ1v) is 7.10. The Morgan fingerprint density at radius 1 is 1.19 bits per heavy atom.